The summed E-state index contributed by atoms with van der Waals surface area (Å²) in [5.41, 5.74) is 0. The van der Waals surface area contributed by atoms with Crippen molar-refractivity contribution in [2.24, 2.45) is 10.9 Å². The Hall–Kier alpha value is -0.860. The predicted octanol–water partition coefficient (Wildman–Crippen LogP) is 1.89. The van der Waals surface area contributed by atoms with Crippen LogP contribution in [0.4, 0.5) is 0 Å². The number of likely N-dealkylation sites (tertiary alicyclic amines) is 1. The second-order valence-electron chi connectivity index (χ2n) is 6.40. The van der Waals surface area contributed by atoms with E-state index in [1.54, 1.807) is 7.05 Å². The van der Waals surface area contributed by atoms with Gasteiger partial charge in [-0.2, -0.15) is 0 Å². The molecule has 0 aromatic carbocycles. The zero-order valence-corrected chi connectivity index (χ0v) is 16.5. The molecule has 2 fully saturated rings. The molecule has 2 atom stereocenters. The number of carbonyl (C=O) groups is 2. The van der Waals surface area contributed by atoms with Crippen LogP contribution in [0, 0.1) is 5.92 Å². The van der Waals surface area contributed by atoms with Crippen LogP contribution < -0.4 is 10.6 Å². The first kappa shape index (κ1) is 20.2. The minimum absolute atomic E-state index is 0. The van der Waals surface area contributed by atoms with Gasteiger partial charge in [0.1, 0.15) is 0 Å². The number of hydrogen-bond acceptors (Lipinski definition) is 3. The second kappa shape index (κ2) is 10.1. The van der Waals surface area contributed by atoms with Gasteiger partial charge in [-0.3, -0.25) is 19.5 Å². The lowest BCUT2D eigenvalue weighted by Crippen LogP contribution is -2.49. The minimum Gasteiger partial charge on any atom is -0.355 e. The number of nitrogens with one attached hydrogen (secondary N) is 2. The van der Waals surface area contributed by atoms with Crippen molar-refractivity contribution in [2.75, 3.05) is 20.1 Å². The molecule has 2 N–H and O–H groups in total. The normalized spacial score (nSPS) is 25.8. The SMILES string of the molecule is CN=C(NCCN1C(=O)CCCC1=O)NC1CCCC(C)C1.I. The molecular formula is C16H29IN4O2. The molecule has 1 aliphatic carbocycles. The largest absolute Gasteiger partial charge is 0.355 e. The van der Waals surface area contributed by atoms with E-state index in [1.807, 2.05) is 0 Å². The Morgan fingerprint density at radius 1 is 1.22 bits per heavy atom. The maximum atomic E-state index is 11.7. The average molecular weight is 436 g/mol. The van der Waals surface area contributed by atoms with Gasteiger partial charge in [-0.05, 0) is 25.2 Å². The molecule has 0 aromatic heterocycles. The summed E-state index contributed by atoms with van der Waals surface area (Å²) in [5.74, 6) is 1.41. The van der Waals surface area contributed by atoms with Gasteiger partial charge < -0.3 is 10.6 Å². The van der Waals surface area contributed by atoms with Crippen LogP contribution in [-0.4, -0.2) is 48.9 Å². The molecule has 0 bridgehead atoms. The van der Waals surface area contributed by atoms with Gasteiger partial charge in [0.15, 0.2) is 5.96 Å². The topological polar surface area (TPSA) is 73.8 Å². The van der Waals surface area contributed by atoms with Crippen molar-refractivity contribution >= 4 is 41.8 Å². The minimum atomic E-state index is -0.0536. The van der Waals surface area contributed by atoms with Gasteiger partial charge in [0.25, 0.3) is 0 Å². The smallest absolute Gasteiger partial charge is 0.229 e. The van der Waals surface area contributed by atoms with Gasteiger partial charge in [-0.25, -0.2) is 0 Å². The number of halogens is 1. The van der Waals surface area contributed by atoms with E-state index in [1.165, 1.54) is 30.6 Å². The molecular weight excluding hydrogens is 407 g/mol. The maximum Gasteiger partial charge on any atom is 0.229 e. The van der Waals surface area contributed by atoms with Crippen molar-refractivity contribution in [3.8, 4) is 0 Å². The summed E-state index contributed by atoms with van der Waals surface area (Å²) in [6.45, 7) is 3.25. The van der Waals surface area contributed by atoms with Crippen LogP contribution in [-0.2, 0) is 9.59 Å². The van der Waals surface area contributed by atoms with Crippen LogP contribution in [0.1, 0.15) is 51.9 Å². The molecule has 1 saturated carbocycles. The quantitative estimate of drug-likeness (QED) is 0.306. The number of amides is 2. The Bertz CT molecular complexity index is 426. The zero-order valence-electron chi connectivity index (χ0n) is 14.1. The molecule has 1 heterocycles. The number of rotatable bonds is 4. The molecule has 2 unspecified atom stereocenters. The van der Waals surface area contributed by atoms with E-state index in [4.69, 9.17) is 0 Å². The molecule has 2 amide bonds. The number of piperidine rings is 1. The second-order valence-corrected chi connectivity index (χ2v) is 6.40. The maximum absolute atomic E-state index is 11.7. The Morgan fingerprint density at radius 2 is 1.91 bits per heavy atom. The highest BCUT2D eigenvalue weighted by Crippen LogP contribution is 2.23. The van der Waals surface area contributed by atoms with Gasteiger partial charge in [0, 0.05) is 39.0 Å². The van der Waals surface area contributed by atoms with Crippen molar-refractivity contribution in [1.29, 1.82) is 0 Å². The van der Waals surface area contributed by atoms with Gasteiger partial charge in [-0.1, -0.05) is 19.8 Å². The van der Waals surface area contributed by atoms with Crippen molar-refractivity contribution in [3.63, 3.8) is 0 Å². The third-order valence-corrected chi connectivity index (χ3v) is 4.51. The monoisotopic (exact) mass is 436 g/mol. The number of nitrogens with zero attached hydrogens (tertiary/aromatic N) is 2. The summed E-state index contributed by atoms with van der Waals surface area (Å²) in [7, 11) is 1.75. The highest BCUT2D eigenvalue weighted by Gasteiger charge is 2.25. The van der Waals surface area contributed by atoms with E-state index in [9.17, 15) is 9.59 Å². The van der Waals surface area contributed by atoms with E-state index < -0.39 is 0 Å². The lowest BCUT2D eigenvalue weighted by molar-refractivity contribution is -0.147. The number of hydrogen-bond donors (Lipinski definition) is 2. The first-order chi connectivity index (χ1) is 10.6. The van der Waals surface area contributed by atoms with Crippen LogP contribution >= 0.6 is 24.0 Å². The van der Waals surface area contributed by atoms with E-state index in [0.29, 0.717) is 38.4 Å². The summed E-state index contributed by atoms with van der Waals surface area (Å²) in [6.07, 6.45) is 6.57. The molecule has 2 aliphatic rings. The van der Waals surface area contributed by atoms with E-state index in [-0.39, 0.29) is 35.8 Å². The highest BCUT2D eigenvalue weighted by atomic mass is 127. The van der Waals surface area contributed by atoms with Crippen LogP contribution in [0.5, 0.6) is 0 Å². The first-order valence-corrected chi connectivity index (χ1v) is 8.40. The molecule has 2 rings (SSSR count). The molecule has 0 aromatic rings. The van der Waals surface area contributed by atoms with Gasteiger partial charge in [0.05, 0.1) is 0 Å². The summed E-state index contributed by atoms with van der Waals surface area (Å²) < 4.78 is 0. The van der Waals surface area contributed by atoms with Gasteiger partial charge in [0.2, 0.25) is 11.8 Å². The van der Waals surface area contributed by atoms with E-state index in [2.05, 4.69) is 22.5 Å². The van der Waals surface area contributed by atoms with Crippen LogP contribution in [0.3, 0.4) is 0 Å². The number of carbonyl (C=O) groups excluding carboxylic acids is 2. The highest BCUT2D eigenvalue weighted by molar-refractivity contribution is 14.0. The number of imide groups is 1. The van der Waals surface area contributed by atoms with E-state index >= 15 is 0 Å². The lowest BCUT2D eigenvalue weighted by Gasteiger charge is -2.29. The predicted molar refractivity (Wildman–Crippen MR) is 102 cm³/mol. The molecule has 6 nitrogen and oxygen atoms in total. The van der Waals surface area contributed by atoms with Crippen LogP contribution in [0.25, 0.3) is 0 Å². The van der Waals surface area contributed by atoms with Crippen LogP contribution in [0.2, 0.25) is 0 Å². The van der Waals surface area contributed by atoms with Crippen molar-refractivity contribution in [2.45, 2.75) is 57.9 Å². The molecule has 0 spiro atoms. The molecule has 0 radical (unpaired) electrons. The summed E-state index contributed by atoms with van der Waals surface area (Å²) >= 11 is 0. The first-order valence-electron chi connectivity index (χ1n) is 8.40. The van der Waals surface area contributed by atoms with Crippen LogP contribution in [0.15, 0.2) is 4.99 Å². The Morgan fingerprint density at radius 3 is 2.52 bits per heavy atom. The standard InChI is InChI=1S/C16H28N4O2.HI/c1-12-5-3-6-13(11-12)19-16(17-2)18-9-10-20-14(21)7-4-8-15(20)22;/h12-13H,3-11H2,1-2H3,(H2,17,18,19);1H. The molecule has 132 valence electrons. The Balaban J connectivity index is 0.00000264. The van der Waals surface area contributed by atoms with Gasteiger partial charge in [-0.15, -0.1) is 24.0 Å². The fourth-order valence-electron chi connectivity index (χ4n) is 3.29. The van der Waals surface area contributed by atoms with Crippen molar-refractivity contribution in [1.82, 2.24) is 15.5 Å². The molecule has 1 saturated heterocycles. The number of aliphatic imine (C=N–C) groups is 1. The Labute approximate surface area is 155 Å². The summed E-state index contributed by atoms with van der Waals surface area (Å²) in [5, 5.41) is 6.66. The summed E-state index contributed by atoms with van der Waals surface area (Å²) in [4.78, 5) is 29.1. The average Bonchev–Trinajstić information content (AvgIpc) is 2.49. The van der Waals surface area contributed by atoms with Crippen molar-refractivity contribution in [3.05, 3.63) is 0 Å². The van der Waals surface area contributed by atoms with Crippen molar-refractivity contribution < 1.29 is 9.59 Å². The third kappa shape index (κ3) is 6.27. The van der Waals surface area contributed by atoms with E-state index in [0.717, 1.165) is 11.9 Å². The molecule has 23 heavy (non-hydrogen) atoms. The van der Waals surface area contributed by atoms with Gasteiger partial charge >= 0.3 is 0 Å². The number of guanidine groups is 1. The fraction of sp³-hybridized carbons (Fsp3) is 0.812. The zero-order chi connectivity index (χ0) is 15.9. The fourth-order valence-corrected chi connectivity index (χ4v) is 3.29. The third-order valence-electron chi connectivity index (χ3n) is 4.51. The Kier molecular flexibility index (Phi) is 8.86. The lowest BCUT2D eigenvalue weighted by atomic mass is 9.87. The molecule has 7 heteroatoms. The summed E-state index contributed by atoms with van der Waals surface area (Å²) in [6, 6.07) is 0.466. The molecule has 1 aliphatic heterocycles.